The van der Waals surface area contributed by atoms with E-state index in [1.54, 1.807) is 6.07 Å². The fourth-order valence-electron chi connectivity index (χ4n) is 6.95. The van der Waals surface area contributed by atoms with Crippen LogP contribution in [0.5, 0.6) is 0 Å². The third-order valence-corrected chi connectivity index (χ3v) is 8.99. The number of ether oxygens (including phenoxy) is 1. The summed E-state index contributed by atoms with van der Waals surface area (Å²) in [5, 5.41) is 11.0. The van der Waals surface area contributed by atoms with Crippen LogP contribution >= 0.6 is 0 Å². The number of aromatic carboxylic acids is 1. The highest BCUT2D eigenvalue weighted by Gasteiger charge is 2.30. The van der Waals surface area contributed by atoms with E-state index < -0.39 is 5.97 Å². The van der Waals surface area contributed by atoms with Gasteiger partial charge in [-0.15, -0.1) is 0 Å². The third kappa shape index (κ3) is 4.66. The SMILES string of the molecule is CN(CCN1CCn2c(c(C3CCCCC3)c3ccc(C(=O)O)cc32)-c2ccccc21)C1CCOCC1. The molecule has 0 unspecified atom stereocenters. The normalized spacial score (nSPS) is 19.1. The van der Waals surface area contributed by atoms with Crippen molar-refractivity contribution in [2.75, 3.05) is 44.8 Å². The Morgan fingerprint density at radius 2 is 1.81 bits per heavy atom. The minimum Gasteiger partial charge on any atom is -0.478 e. The number of anilines is 1. The van der Waals surface area contributed by atoms with Gasteiger partial charge in [0.1, 0.15) is 0 Å². The lowest BCUT2D eigenvalue weighted by Crippen LogP contribution is -2.41. The maximum atomic E-state index is 11.9. The number of hydrogen-bond acceptors (Lipinski definition) is 4. The van der Waals surface area contributed by atoms with Crippen LogP contribution < -0.4 is 4.90 Å². The van der Waals surface area contributed by atoms with E-state index in [0.29, 0.717) is 17.5 Å². The third-order valence-electron chi connectivity index (χ3n) is 8.99. The second-order valence-electron chi connectivity index (χ2n) is 11.1. The monoisotopic (exact) mass is 501 g/mol. The van der Waals surface area contributed by atoms with Gasteiger partial charge in [-0.1, -0.05) is 43.5 Å². The Balaban J connectivity index is 1.41. The number of carbonyl (C=O) groups is 1. The molecule has 196 valence electrons. The minimum absolute atomic E-state index is 0.371. The van der Waals surface area contributed by atoms with Gasteiger partial charge in [-0.05, 0) is 62.4 Å². The van der Waals surface area contributed by atoms with E-state index in [1.165, 1.54) is 60.0 Å². The van der Waals surface area contributed by atoms with Gasteiger partial charge >= 0.3 is 5.97 Å². The first kappa shape index (κ1) is 24.5. The summed E-state index contributed by atoms with van der Waals surface area (Å²) in [7, 11) is 2.26. The summed E-state index contributed by atoms with van der Waals surface area (Å²) >= 11 is 0. The summed E-state index contributed by atoms with van der Waals surface area (Å²) in [6.07, 6.45) is 8.52. The van der Waals surface area contributed by atoms with Gasteiger partial charge in [0.2, 0.25) is 0 Å². The zero-order chi connectivity index (χ0) is 25.4. The van der Waals surface area contributed by atoms with E-state index in [4.69, 9.17) is 4.74 Å². The lowest BCUT2D eigenvalue weighted by Gasteiger charge is -2.33. The highest BCUT2D eigenvalue weighted by molar-refractivity contribution is 5.99. The van der Waals surface area contributed by atoms with Crippen molar-refractivity contribution in [3.8, 4) is 11.3 Å². The van der Waals surface area contributed by atoms with Crippen LogP contribution in [0.25, 0.3) is 22.2 Å². The molecule has 0 bridgehead atoms. The van der Waals surface area contributed by atoms with Gasteiger partial charge in [0.25, 0.3) is 0 Å². The molecule has 6 heteroatoms. The molecule has 0 amide bonds. The Kier molecular flexibility index (Phi) is 6.96. The number of para-hydroxylation sites is 1. The summed E-state index contributed by atoms with van der Waals surface area (Å²) in [4.78, 5) is 17.0. The molecule has 1 N–H and O–H groups in total. The van der Waals surface area contributed by atoms with Crippen LogP contribution in [0.2, 0.25) is 0 Å². The molecular weight excluding hydrogens is 462 g/mol. The molecule has 0 atom stereocenters. The Labute approximate surface area is 219 Å². The highest BCUT2D eigenvalue weighted by atomic mass is 16.5. The van der Waals surface area contributed by atoms with Crippen LogP contribution in [0, 0.1) is 0 Å². The Morgan fingerprint density at radius 1 is 1.03 bits per heavy atom. The standard InChI is InChI=1S/C31H39N3O3/c1-32(24-13-19-37-20-14-24)15-16-33-17-18-34-28-21-23(31(35)36)11-12-25(28)29(22-7-3-2-4-8-22)30(34)26-9-5-6-10-27(26)33/h5-6,9-12,21-22,24H,2-4,7-8,13-20H2,1H3,(H,35,36). The molecule has 1 saturated heterocycles. The predicted octanol–water partition coefficient (Wildman–Crippen LogP) is 5.99. The van der Waals surface area contributed by atoms with E-state index in [0.717, 1.165) is 57.8 Å². The molecule has 2 fully saturated rings. The Bertz CT molecular complexity index is 1270. The summed E-state index contributed by atoms with van der Waals surface area (Å²) in [6, 6.07) is 15.3. The molecule has 3 aliphatic rings. The van der Waals surface area contributed by atoms with Crippen LogP contribution in [0.1, 0.15) is 66.8 Å². The molecule has 1 aromatic heterocycles. The lowest BCUT2D eigenvalue weighted by atomic mass is 9.81. The fourth-order valence-corrected chi connectivity index (χ4v) is 6.95. The topological polar surface area (TPSA) is 57.9 Å². The molecule has 0 spiro atoms. The van der Waals surface area contributed by atoms with Crippen LogP contribution in [0.15, 0.2) is 42.5 Å². The van der Waals surface area contributed by atoms with Crippen molar-refractivity contribution >= 4 is 22.6 Å². The van der Waals surface area contributed by atoms with E-state index in [9.17, 15) is 9.90 Å². The lowest BCUT2D eigenvalue weighted by molar-refractivity contribution is 0.0439. The number of rotatable bonds is 6. The molecule has 1 saturated carbocycles. The molecule has 3 aromatic rings. The first-order chi connectivity index (χ1) is 18.1. The minimum atomic E-state index is -0.858. The van der Waals surface area contributed by atoms with Crippen LogP contribution in [0.3, 0.4) is 0 Å². The van der Waals surface area contributed by atoms with Crippen molar-refractivity contribution in [2.45, 2.75) is 63.5 Å². The molecule has 2 aliphatic heterocycles. The van der Waals surface area contributed by atoms with Crippen molar-refractivity contribution in [1.82, 2.24) is 9.47 Å². The van der Waals surface area contributed by atoms with E-state index in [1.807, 2.05) is 6.07 Å². The molecule has 1 aliphatic carbocycles. The number of hydrogen-bond donors (Lipinski definition) is 1. The average Bonchev–Trinajstić information content (AvgIpc) is 3.18. The van der Waals surface area contributed by atoms with Gasteiger partial charge in [-0.2, -0.15) is 0 Å². The quantitative estimate of drug-likeness (QED) is 0.450. The molecular formula is C31H39N3O3. The van der Waals surface area contributed by atoms with Gasteiger partial charge in [0.05, 0.1) is 11.3 Å². The molecule has 3 heterocycles. The number of nitrogens with zero attached hydrogens (tertiary/aromatic N) is 3. The maximum absolute atomic E-state index is 11.9. The molecule has 6 nitrogen and oxygen atoms in total. The molecule has 6 rings (SSSR count). The Hall–Kier alpha value is -2.83. The van der Waals surface area contributed by atoms with Crippen molar-refractivity contribution < 1.29 is 14.6 Å². The van der Waals surface area contributed by atoms with Gasteiger partial charge in [0.15, 0.2) is 0 Å². The second-order valence-corrected chi connectivity index (χ2v) is 11.1. The average molecular weight is 502 g/mol. The van der Waals surface area contributed by atoms with Crippen molar-refractivity contribution in [1.29, 1.82) is 0 Å². The first-order valence-corrected chi connectivity index (χ1v) is 14.1. The summed E-state index contributed by atoms with van der Waals surface area (Å²) in [5.41, 5.74) is 6.81. The zero-order valence-corrected chi connectivity index (χ0v) is 22.0. The number of carboxylic acids is 1. The summed E-state index contributed by atoms with van der Waals surface area (Å²) < 4.78 is 8.01. The van der Waals surface area contributed by atoms with E-state index in [-0.39, 0.29) is 0 Å². The molecule has 0 radical (unpaired) electrons. The number of carboxylic acid groups (broad SMARTS) is 1. The van der Waals surface area contributed by atoms with Crippen LogP contribution in [-0.2, 0) is 11.3 Å². The van der Waals surface area contributed by atoms with Crippen molar-refractivity contribution in [2.24, 2.45) is 0 Å². The summed E-state index contributed by atoms with van der Waals surface area (Å²) in [5.74, 6) is -0.328. The summed E-state index contributed by atoms with van der Waals surface area (Å²) in [6.45, 7) is 5.51. The number of aromatic nitrogens is 1. The number of fused-ring (bicyclic) bond motifs is 5. The van der Waals surface area contributed by atoms with E-state index >= 15 is 0 Å². The molecule has 37 heavy (non-hydrogen) atoms. The van der Waals surface area contributed by atoms with Crippen molar-refractivity contribution in [3.63, 3.8) is 0 Å². The predicted molar refractivity (Wildman–Crippen MR) is 149 cm³/mol. The fraction of sp³-hybridized carbons (Fsp3) is 0.516. The Morgan fingerprint density at radius 3 is 2.59 bits per heavy atom. The van der Waals surface area contributed by atoms with Crippen molar-refractivity contribution in [3.05, 3.63) is 53.6 Å². The van der Waals surface area contributed by atoms with Crippen LogP contribution in [0.4, 0.5) is 5.69 Å². The first-order valence-electron chi connectivity index (χ1n) is 14.1. The zero-order valence-electron chi connectivity index (χ0n) is 22.0. The number of benzene rings is 2. The van der Waals surface area contributed by atoms with Gasteiger partial charge in [0, 0.05) is 67.6 Å². The van der Waals surface area contributed by atoms with Gasteiger partial charge in [-0.3, -0.25) is 0 Å². The highest BCUT2D eigenvalue weighted by Crippen LogP contribution is 2.47. The van der Waals surface area contributed by atoms with Crippen LogP contribution in [-0.4, -0.2) is 66.5 Å². The second kappa shape index (κ2) is 10.5. The largest absolute Gasteiger partial charge is 0.478 e. The molecule has 2 aromatic carbocycles. The maximum Gasteiger partial charge on any atom is 0.335 e. The smallest absolute Gasteiger partial charge is 0.335 e. The van der Waals surface area contributed by atoms with E-state index in [2.05, 4.69) is 51.7 Å². The number of likely N-dealkylation sites (N-methyl/N-ethyl adjacent to an activating group) is 1. The van der Waals surface area contributed by atoms with Gasteiger partial charge in [-0.25, -0.2) is 4.79 Å². The van der Waals surface area contributed by atoms with Gasteiger partial charge < -0.3 is 24.2 Å².